The van der Waals surface area contributed by atoms with Crippen molar-refractivity contribution >= 4 is 22.6 Å². The first-order valence-corrected chi connectivity index (χ1v) is 6.54. The molecule has 0 aliphatic heterocycles. The number of carbonyl (C=O) groups is 1. The van der Waals surface area contributed by atoms with Gasteiger partial charge in [-0.1, -0.05) is 24.3 Å². The number of benzene rings is 1. The van der Waals surface area contributed by atoms with Crippen molar-refractivity contribution in [1.82, 2.24) is 4.98 Å². The van der Waals surface area contributed by atoms with Crippen molar-refractivity contribution in [3.05, 3.63) is 48.7 Å². The molecular weight excluding hydrogens is 252 g/mol. The number of carboxylic acid groups (broad SMARTS) is 1. The van der Waals surface area contributed by atoms with Crippen molar-refractivity contribution in [1.29, 1.82) is 0 Å². The van der Waals surface area contributed by atoms with E-state index in [1.54, 1.807) is 6.08 Å². The Morgan fingerprint density at radius 3 is 2.75 bits per heavy atom. The van der Waals surface area contributed by atoms with E-state index in [0.29, 0.717) is 12.2 Å². The van der Waals surface area contributed by atoms with Gasteiger partial charge in [0.25, 0.3) is 0 Å². The summed E-state index contributed by atoms with van der Waals surface area (Å²) in [4.78, 5) is 17.8. The quantitative estimate of drug-likeness (QED) is 0.847. The Kier molecular flexibility index (Phi) is 4.03. The summed E-state index contributed by atoms with van der Waals surface area (Å²) in [6.07, 6.45) is 3.21. The lowest BCUT2D eigenvalue weighted by atomic mass is 10.1. The molecule has 1 aromatic heterocycles. The number of anilines is 1. The van der Waals surface area contributed by atoms with Crippen molar-refractivity contribution in [2.24, 2.45) is 0 Å². The van der Waals surface area contributed by atoms with E-state index in [4.69, 9.17) is 0 Å². The van der Waals surface area contributed by atoms with E-state index in [2.05, 4.69) is 11.6 Å². The molecule has 0 saturated heterocycles. The van der Waals surface area contributed by atoms with Gasteiger partial charge in [0.2, 0.25) is 0 Å². The number of aromatic nitrogens is 1. The summed E-state index contributed by atoms with van der Waals surface area (Å²) in [5.41, 5.74) is 1.72. The van der Waals surface area contributed by atoms with Gasteiger partial charge in [-0.15, -0.1) is 6.58 Å². The minimum absolute atomic E-state index is 0.164. The molecule has 4 heteroatoms. The molecule has 104 valence electrons. The maximum absolute atomic E-state index is 11.5. The molecule has 2 aromatic rings. The van der Waals surface area contributed by atoms with Crippen molar-refractivity contribution in [3.8, 4) is 0 Å². The molecule has 4 nitrogen and oxygen atoms in total. The van der Waals surface area contributed by atoms with E-state index in [1.165, 1.54) is 6.20 Å². The lowest BCUT2D eigenvalue weighted by molar-refractivity contribution is 0.0697. The second-order valence-electron chi connectivity index (χ2n) is 4.88. The summed E-state index contributed by atoms with van der Waals surface area (Å²) < 4.78 is 0. The molecule has 0 atom stereocenters. The Morgan fingerprint density at radius 2 is 2.15 bits per heavy atom. The summed E-state index contributed by atoms with van der Waals surface area (Å²) >= 11 is 0. The number of fused-ring (bicyclic) bond motifs is 1. The van der Waals surface area contributed by atoms with Crippen molar-refractivity contribution in [3.63, 3.8) is 0 Å². The molecule has 0 aliphatic rings. The zero-order valence-electron chi connectivity index (χ0n) is 11.7. The summed E-state index contributed by atoms with van der Waals surface area (Å²) in [5, 5.41) is 10.3. The Balaban J connectivity index is 2.77. The monoisotopic (exact) mass is 270 g/mol. The van der Waals surface area contributed by atoms with Gasteiger partial charge in [0, 0.05) is 24.2 Å². The van der Waals surface area contributed by atoms with Crippen molar-refractivity contribution in [2.45, 2.75) is 19.9 Å². The molecule has 0 saturated carbocycles. The van der Waals surface area contributed by atoms with Crippen molar-refractivity contribution in [2.75, 3.05) is 11.4 Å². The Morgan fingerprint density at radius 1 is 1.45 bits per heavy atom. The first-order chi connectivity index (χ1) is 9.56. The topological polar surface area (TPSA) is 53.4 Å². The summed E-state index contributed by atoms with van der Waals surface area (Å²) in [5.74, 6) is -0.965. The van der Waals surface area contributed by atoms with Crippen LogP contribution in [0.15, 0.2) is 43.1 Å². The zero-order chi connectivity index (χ0) is 14.7. The minimum atomic E-state index is -0.965. The van der Waals surface area contributed by atoms with Crippen LogP contribution in [-0.2, 0) is 0 Å². The summed E-state index contributed by atoms with van der Waals surface area (Å²) in [6, 6.07) is 7.74. The highest BCUT2D eigenvalue weighted by molar-refractivity contribution is 6.04. The molecule has 0 fully saturated rings. The van der Waals surface area contributed by atoms with Crippen LogP contribution in [0.5, 0.6) is 0 Å². The number of hydrogen-bond acceptors (Lipinski definition) is 3. The van der Waals surface area contributed by atoms with Gasteiger partial charge in [-0.05, 0) is 19.9 Å². The molecule has 1 heterocycles. The average Bonchev–Trinajstić information content (AvgIpc) is 2.43. The highest BCUT2D eigenvalue weighted by atomic mass is 16.4. The number of hydrogen-bond donors (Lipinski definition) is 1. The molecule has 1 aromatic carbocycles. The third-order valence-corrected chi connectivity index (χ3v) is 3.21. The highest BCUT2D eigenvalue weighted by Gasteiger charge is 2.21. The third kappa shape index (κ3) is 2.50. The SMILES string of the molecule is C=CCN(c1c(C(=O)O)cnc2ccccc12)C(C)C. The van der Waals surface area contributed by atoms with Gasteiger partial charge in [-0.2, -0.15) is 0 Å². The number of rotatable bonds is 5. The molecular formula is C16H18N2O2. The number of carboxylic acids is 1. The Bertz CT molecular complexity index is 650. The van der Waals surface area contributed by atoms with Crippen LogP contribution in [0.25, 0.3) is 10.9 Å². The lowest BCUT2D eigenvalue weighted by Crippen LogP contribution is -2.32. The fourth-order valence-corrected chi connectivity index (χ4v) is 2.29. The van der Waals surface area contributed by atoms with E-state index in [1.807, 2.05) is 43.0 Å². The standard InChI is InChI=1S/C16H18N2O2/c1-4-9-18(11(2)3)15-12-7-5-6-8-14(12)17-10-13(15)16(19)20/h4-8,10-11H,1,9H2,2-3H3,(H,19,20). The van der Waals surface area contributed by atoms with Gasteiger partial charge in [-0.25, -0.2) is 4.79 Å². The van der Waals surface area contributed by atoms with Crippen molar-refractivity contribution < 1.29 is 9.90 Å². The molecule has 0 bridgehead atoms. The van der Waals surface area contributed by atoms with Gasteiger partial charge < -0.3 is 10.0 Å². The van der Waals surface area contributed by atoms with Gasteiger partial charge in [0.15, 0.2) is 0 Å². The van der Waals surface area contributed by atoms with E-state index >= 15 is 0 Å². The molecule has 2 rings (SSSR count). The van der Waals surface area contributed by atoms with Crippen LogP contribution < -0.4 is 4.90 Å². The second kappa shape index (κ2) is 5.74. The second-order valence-corrected chi connectivity index (χ2v) is 4.88. The van der Waals surface area contributed by atoms with Crippen LogP contribution in [0.4, 0.5) is 5.69 Å². The number of aromatic carboxylic acids is 1. The lowest BCUT2D eigenvalue weighted by Gasteiger charge is -2.30. The largest absolute Gasteiger partial charge is 0.478 e. The first kappa shape index (κ1) is 14.1. The molecule has 0 spiro atoms. The van der Waals surface area contributed by atoms with Crippen LogP contribution in [0.3, 0.4) is 0 Å². The fraction of sp³-hybridized carbons (Fsp3) is 0.250. The van der Waals surface area contributed by atoms with E-state index < -0.39 is 5.97 Å². The molecule has 20 heavy (non-hydrogen) atoms. The highest BCUT2D eigenvalue weighted by Crippen LogP contribution is 2.31. The molecule has 1 N–H and O–H groups in total. The first-order valence-electron chi connectivity index (χ1n) is 6.54. The van der Waals surface area contributed by atoms with E-state index in [-0.39, 0.29) is 11.6 Å². The molecule has 0 amide bonds. The van der Waals surface area contributed by atoms with Gasteiger partial charge in [0.05, 0.1) is 11.2 Å². The zero-order valence-corrected chi connectivity index (χ0v) is 11.7. The Labute approximate surface area is 118 Å². The van der Waals surface area contributed by atoms with Gasteiger partial charge in [-0.3, -0.25) is 4.98 Å². The average molecular weight is 270 g/mol. The maximum atomic E-state index is 11.5. The number of nitrogens with zero attached hydrogens (tertiary/aromatic N) is 2. The van der Waals surface area contributed by atoms with Crippen LogP contribution >= 0.6 is 0 Å². The molecule has 0 radical (unpaired) electrons. The van der Waals surface area contributed by atoms with Crippen LogP contribution in [0, 0.1) is 0 Å². The van der Waals surface area contributed by atoms with Gasteiger partial charge >= 0.3 is 5.97 Å². The van der Waals surface area contributed by atoms with E-state index in [9.17, 15) is 9.90 Å². The minimum Gasteiger partial charge on any atom is -0.478 e. The normalized spacial score (nSPS) is 10.8. The third-order valence-electron chi connectivity index (χ3n) is 3.21. The predicted molar refractivity (Wildman–Crippen MR) is 81.4 cm³/mol. The maximum Gasteiger partial charge on any atom is 0.339 e. The van der Waals surface area contributed by atoms with Gasteiger partial charge in [0.1, 0.15) is 5.56 Å². The number of para-hydroxylation sites is 1. The smallest absolute Gasteiger partial charge is 0.339 e. The Hall–Kier alpha value is -2.36. The van der Waals surface area contributed by atoms with Crippen LogP contribution in [0.2, 0.25) is 0 Å². The molecule has 0 aliphatic carbocycles. The predicted octanol–water partition coefficient (Wildman–Crippen LogP) is 3.33. The summed E-state index contributed by atoms with van der Waals surface area (Å²) in [7, 11) is 0. The fourth-order valence-electron chi connectivity index (χ4n) is 2.29. The van der Waals surface area contributed by atoms with E-state index in [0.717, 1.165) is 10.9 Å². The van der Waals surface area contributed by atoms with Crippen LogP contribution in [0.1, 0.15) is 24.2 Å². The number of pyridine rings is 1. The van der Waals surface area contributed by atoms with Crippen LogP contribution in [-0.4, -0.2) is 28.6 Å². The summed E-state index contributed by atoms with van der Waals surface area (Å²) in [6.45, 7) is 8.41. The molecule has 0 unspecified atom stereocenters.